The number of hydrogen-bond acceptors (Lipinski definition) is 3. The minimum atomic E-state index is -1.17. The minimum absolute atomic E-state index is 0.0402. The van der Waals surface area contributed by atoms with Crippen molar-refractivity contribution in [2.45, 2.75) is 12.1 Å². The summed E-state index contributed by atoms with van der Waals surface area (Å²) in [5.41, 5.74) is -0.334. The zero-order valence-corrected chi connectivity index (χ0v) is 8.07. The molecule has 0 spiro atoms. The second-order valence-electron chi connectivity index (χ2n) is 3.85. The van der Waals surface area contributed by atoms with Gasteiger partial charge in [-0.3, -0.25) is 10.1 Å². The number of nitrogens with one attached hydrogen (secondary N) is 1. The summed E-state index contributed by atoms with van der Waals surface area (Å²) in [4.78, 5) is 9.93. The van der Waals surface area contributed by atoms with Crippen LogP contribution >= 0.6 is 0 Å². The molecule has 1 aliphatic heterocycles. The third-order valence-electron chi connectivity index (χ3n) is 2.55. The van der Waals surface area contributed by atoms with Crippen LogP contribution in [-0.4, -0.2) is 23.7 Å². The van der Waals surface area contributed by atoms with Crippen LogP contribution in [-0.2, 0) is 6.42 Å². The second kappa shape index (κ2) is 3.58. The number of nitro benzene ring substituents is 1. The van der Waals surface area contributed by atoms with Crippen molar-refractivity contribution in [1.29, 1.82) is 0 Å². The van der Waals surface area contributed by atoms with E-state index in [-0.39, 0.29) is 5.69 Å². The molecule has 0 amide bonds. The SMILES string of the molecule is O=[N+]([O-])c1ccc(CC2(F)CNC2)cc1. The van der Waals surface area contributed by atoms with E-state index in [2.05, 4.69) is 5.32 Å². The van der Waals surface area contributed by atoms with Gasteiger partial charge in [0.2, 0.25) is 0 Å². The van der Waals surface area contributed by atoms with Crippen molar-refractivity contribution in [3.63, 3.8) is 0 Å². The maximum atomic E-state index is 13.7. The number of nitrogens with zero attached hydrogens (tertiary/aromatic N) is 1. The molecule has 0 saturated carbocycles. The molecule has 1 aromatic carbocycles. The molecule has 1 saturated heterocycles. The molecule has 80 valence electrons. The standard InChI is InChI=1S/C10H11FN2O2/c11-10(6-12-7-10)5-8-1-3-9(4-2-8)13(14)15/h1-4,12H,5-7H2. The molecule has 1 N–H and O–H groups in total. The molecule has 0 bridgehead atoms. The molecule has 4 nitrogen and oxygen atoms in total. The molecule has 0 radical (unpaired) electrons. The van der Waals surface area contributed by atoms with Crippen LogP contribution in [0.25, 0.3) is 0 Å². The largest absolute Gasteiger partial charge is 0.310 e. The lowest BCUT2D eigenvalue weighted by Crippen LogP contribution is -2.57. The van der Waals surface area contributed by atoms with Crippen LogP contribution in [0.3, 0.4) is 0 Å². The lowest BCUT2D eigenvalue weighted by molar-refractivity contribution is -0.384. The van der Waals surface area contributed by atoms with Gasteiger partial charge in [-0.25, -0.2) is 4.39 Å². The fraction of sp³-hybridized carbons (Fsp3) is 0.400. The number of alkyl halides is 1. The summed E-state index contributed by atoms with van der Waals surface area (Å²) in [6, 6.07) is 6.03. The van der Waals surface area contributed by atoms with Crippen LogP contribution in [0.15, 0.2) is 24.3 Å². The average Bonchev–Trinajstić information content (AvgIpc) is 2.16. The van der Waals surface area contributed by atoms with Gasteiger partial charge in [-0.15, -0.1) is 0 Å². The van der Waals surface area contributed by atoms with Crippen molar-refractivity contribution in [3.8, 4) is 0 Å². The summed E-state index contributed by atoms with van der Waals surface area (Å²) in [5.74, 6) is 0. The van der Waals surface area contributed by atoms with Gasteiger partial charge in [-0.1, -0.05) is 12.1 Å². The average molecular weight is 210 g/mol. The summed E-state index contributed by atoms with van der Waals surface area (Å²) in [6.07, 6.45) is 0.317. The molecule has 0 atom stereocenters. The Kier molecular flexibility index (Phi) is 2.40. The molecule has 5 heteroatoms. The van der Waals surface area contributed by atoms with E-state index in [0.717, 1.165) is 5.56 Å². The fourth-order valence-corrected chi connectivity index (χ4v) is 1.62. The number of hydrogen-bond donors (Lipinski definition) is 1. The molecule has 1 aromatic rings. The van der Waals surface area contributed by atoms with Gasteiger partial charge in [-0.2, -0.15) is 0 Å². The lowest BCUT2D eigenvalue weighted by atomic mass is 9.91. The van der Waals surface area contributed by atoms with Gasteiger partial charge in [0.05, 0.1) is 4.92 Å². The molecule has 0 aromatic heterocycles. The Labute approximate surface area is 86.3 Å². The Bertz CT molecular complexity index is 374. The molecule has 0 aliphatic carbocycles. The summed E-state index contributed by atoms with van der Waals surface area (Å²) in [7, 11) is 0. The Hall–Kier alpha value is -1.49. The van der Waals surface area contributed by atoms with Gasteiger partial charge in [0.1, 0.15) is 5.67 Å². The molecule has 1 aliphatic rings. The Balaban J connectivity index is 2.07. The zero-order chi connectivity index (χ0) is 10.9. The monoisotopic (exact) mass is 210 g/mol. The maximum absolute atomic E-state index is 13.7. The quantitative estimate of drug-likeness (QED) is 0.606. The summed E-state index contributed by atoms with van der Waals surface area (Å²) in [5, 5.41) is 13.3. The summed E-state index contributed by atoms with van der Waals surface area (Å²) < 4.78 is 13.7. The van der Waals surface area contributed by atoms with Gasteiger partial charge in [0.25, 0.3) is 5.69 Å². The van der Waals surface area contributed by atoms with Crippen molar-refractivity contribution in [2.24, 2.45) is 0 Å². The van der Waals surface area contributed by atoms with Gasteiger partial charge >= 0.3 is 0 Å². The number of benzene rings is 1. The van der Waals surface area contributed by atoms with Gasteiger partial charge < -0.3 is 5.32 Å². The normalized spacial score (nSPS) is 18.2. The maximum Gasteiger partial charge on any atom is 0.269 e. The first-order valence-corrected chi connectivity index (χ1v) is 4.72. The number of halogens is 1. The number of non-ortho nitro benzene ring substituents is 1. The van der Waals surface area contributed by atoms with Crippen LogP contribution < -0.4 is 5.32 Å². The molecule has 0 unspecified atom stereocenters. The first-order chi connectivity index (χ1) is 7.09. The topological polar surface area (TPSA) is 55.2 Å². The van der Waals surface area contributed by atoms with E-state index in [1.54, 1.807) is 12.1 Å². The van der Waals surface area contributed by atoms with Crippen molar-refractivity contribution in [3.05, 3.63) is 39.9 Å². The molecular formula is C10H11FN2O2. The van der Waals surface area contributed by atoms with E-state index in [4.69, 9.17) is 0 Å². The predicted octanol–water partition coefficient (Wildman–Crippen LogP) is 1.45. The molecule has 1 fully saturated rings. The highest BCUT2D eigenvalue weighted by Crippen LogP contribution is 2.23. The van der Waals surface area contributed by atoms with Crippen molar-refractivity contribution < 1.29 is 9.31 Å². The molecular weight excluding hydrogens is 199 g/mol. The predicted molar refractivity (Wildman–Crippen MR) is 53.5 cm³/mol. The smallest absolute Gasteiger partial charge is 0.269 e. The number of nitro groups is 1. The van der Waals surface area contributed by atoms with Crippen molar-refractivity contribution in [1.82, 2.24) is 5.32 Å². The van der Waals surface area contributed by atoms with Crippen LogP contribution in [0.1, 0.15) is 5.56 Å². The second-order valence-corrected chi connectivity index (χ2v) is 3.85. The van der Waals surface area contributed by atoms with E-state index in [0.29, 0.717) is 19.5 Å². The Morgan fingerprint density at radius 2 is 2.00 bits per heavy atom. The fourth-order valence-electron chi connectivity index (χ4n) is 1.62. The molecule has 2 rings (SSSR count). The van der Waals surface area contributed by atoms with Crippen LogP contribution in [0.5, 0.6) is 0 Å². The van der Waals surface area contributed by atoms with Crippen molar-refractivity contribution >= 4 is 5.69 Å². The zero-order valence-electron chi connectivity index (χ0n) is 8.07. The molecule has 15 heavy (non-hydrogen) atoms. The van der Waals surface area contributed by atoms with Gasteiger partial charge in [0, 0.05) is 31.6 Å². The Morgan fingerprint density at radius 1 is 1.40 bits per heavy atom. The van der Waals surface area contributed by atoms with Crippen molar-refractivity contribution in [2.75, 3.05) is 13.1 Å². The highest BCUT2D eigenvalue weighted by atomic mass is 19.1. The van der Waals surface area contributed by atoms with Crippen LogP contribution in [0.2, 0.25) is 0 Å². The third-order valence-corrected chi connectivity index (χ3v) is 2.55. The Morgan fingerprint density at radius 3 is 2.40 bits per heavy atom. The summed E-state index contributed by atoms with van der Waals surface area (Å²) in [6.45, 7) is 0.730. The highest BCUT2D eigenvalue weighted by molar-refractivity contribution is 5.33. The minimum Gasteiger partial charge on any atom is -0.310 e. The van der Waals surface area contributed by atoms with Crippen LogP contribution in [0.4, 0.5) is 10.1 Å². The summed E-state index contributed by atoms with van der Waals surface area (Å²) >= 11 is 0. The lowest BCUT2D eigenvalue weighted by Gasteiger charge is -2.35. The molecule has 1 heterocycles. The van der Waals surface area contributed by atoms with E-state index in [1.165, 1.54) is 12.1 Å². The third kappa shape index (κ3) is 2.12. The van der Waals surface area contributed by atoms with E-state index < -0.39 is 10.6 Å². The van der Waals surface area contributed by atoms with Gasteiger partial charge in [0.15, 0.2) is 0 Å². The van der Waals surface area contributed by atoms with E-state index in [9.17, 15) is 14.5 Å². The van der Waals surface area contributed by atoms with E-state index in [1.807, 2.05) is 0 Å². The highest BCUT2D eigenvalue weighted by Gasteiger charge is 2.36. The first-order valence-electron chi connectivity index (χ1n) is 4.72. The van der Waals surface area contributed by atoms with Gasteiger partial charge in [-0.05, 0) is 5.56 Å². The number of rotatable bonds is 3. The first kappa shape index (κ1) is 10.0. The van der Waals surface area contributed by atoms with E-state index >= 15 is 0 Å². The van der Waals surface area contributed by atoms with Crippen LogP contribution in [0, 0.1) is 10.1 Å².